The number of nitrogen functional groups attached to an aromatic ring is 1. The molecule has 0 radical (unpaired) electrons. The van der Waals surface area contributed by atoms with Crippen molar-refractivity contribution in [2.45, 2.75) is 12.5 Å². The molecule has 0 aliphatic carbocycles. The van der Waals surface area contributed by atoms with Gasteiger partial charge in [-0.1, -0.05) is 23.7 Å². The summed E-state index contributed by atoms with van der Waals surface area (Å²) in [5, 5.41) is 27.5. The van der Waals surface area contributed by atoms with Gasteiger partial charge in [-0.15, -0.1) is 0 Å². The van der Waals surface area contributed by atoms with Crippen LogP contribution in [-0.2, 0) is 0 Å². The molecule has 0 fully saturated rings. The third-order valence-electron chi connectivity index (χ3n) is 5.24. The molecule has 34 heavy (non-hydrogen) atoms. The quantitative estimate of drug-likeness (QED) is 0.367. The van der Waals surface area contributed by atoms with Gasteiger partial charge in [-0.2, -0.15) is 10.4 Å². The van der Waals surface area contributed by atoms with Crippen LogP contribution in [0.4, 0.5) is 5.82 Å². The lowest BCUT2D eigenvalue weighted by molar-refractivity contribution is 0.0939. The van der Waals surface area contributed by atoms with Gasteiger partial charge in [0.05, 0.1) is 24.5 Å². The van der Waals surface area contributed by atoms with E-state index in [2.05, 4.69) is 26.5 Å². The zero-order valence-corrected chi connectivity index (χ0v) is 18.8. The smallest absolute Gasteiger partial charge is 0.256 e. The Morgan fingerprint density at radius 3 is 2.79 bits per heavy atom. The topological polar surface area (TPSA) is 151 Å². The average Bonchev–Trinajstić information content (AvgIpc) is 3.24. The number of nitrogens with zero attached hydrogens (tertiary/aromatic N) is 5. The van der Waals surface area contributed by atoms with Gasteiger partial charge in [0.15, 0.2) is 5.82 Å². The zero-order chi connectivity index (χ0) is 24.2. The number of aliphatic hydroxyl groups is 1. The van der Waals surface area contributed by atoms with Crippen LogP contribution in [0.25, 0.3) is 16.8 Å². The summed E-state index contributed by atoms with van der Waals surface area (Å²) in [6, 6.07) is 12.1. The Morgan fingerprint density at radius 2 is 2.09 bits per heavy atom. The average molecular weight is 478 g/mol. The molecule has 11 heteroatoms. The molecule has 0 aliphatic heterocycles. The summed E-state index contributed by atoms with van der Waals surface area (Å²) in [7, 11) is 1.41. The minimum absolute atomic E-state index is 0.119. The van der Waals surface area contributed by atoms with E-state index in [1.165, 1.54) is 24.1 Å². The Bertz CT molecular complexity index is 1400. The number of anilines is 1. The molecule has 172 valence electrons. The van der Waals surface area contributed by atoms with Crippen molar-refractivity contribution in [2.75, 3.05) is 19.4 Å². The number of aliphatic hydroxyl groups excluding tert-OH is 1. The van der Waals surface area contributed by atoms with Crippen LogP contribution in [0.5, 0.6) is 5.88 Å². The number of halogens is 1. The number of carbonyl (C=O) groups excluding carboxylic acids is 1. The third-order valence-corrected chi connectivity index (χ3v) is 5.50. The first-order valence-electron chi connectivity index (χ1n) is 10.2. The fraction of sp³-hybridized carbons (Fsp3) is 0.174. The monoisotopic (exact) mass is 477 g/mol. The number of ether oxygens (including phenoxy) is 1. The molecule has 0 aliphatic rings. The number of aromatic nitrogens is 4. The second-order valence-electron chi connectivity index (χ2n) is 7.35. The lowest BCUT2D eigenvalue weighted by Gasteiger charge is -2.13. The largest absolute Gasteiger partial charge is 0.480 e. The second-order valence-corrected chi connectivity index (χ2v) is 7.79. The van der Waals surface area contributed by atoms with E-state index in [0.29, 0.717) is 39.3 Å². The number of amides is 1. The number of hydrogen-bond acceptors (Lipinski definition) is 8. The molecule has 4 N–H and O–H groups in total. The highest BCUT2D eigenvalue weighted by atomic mass is 35.5. The van der Waals surface area contributed by atoms with Gasteiger partial charge in [0, 0.05) is 23.3 Å². The molecule has 1 amide bonds. The Hall–Kier alpha value is -4.20. The van der Waals surface area contributed by atoms with Crippen LogP contribution in [-0.4, -0.2) is 44.3 Å². The van der Waals surface area contributed by atoms with Gasteiger partial charge >= 0.3 is 0 Å². The van der Waals surface area contributed by atoms with Gasteiger partial charge < -0.3 is 20.9 Å². The van der Waals surface area contributed by atoms with E-state index in [4.69, 9.17) is 22.1 Å². The van der Waals surface area contributed by atoms with Crippen molar-refractivity contribution in [3.63, 3.8) is 0 Å². The predicted octanol–water partition coefficient (Wildman–Crippen LogP) is 2.76. The molecule has 4 aromatic rings. The maximum Gasteiger partial charge on any atom is 0.256 e. The number of rotatable bonds is 7. The summed E-state index contributed by atoms with van der Waals surface area (Å²) in [5.74, 6) is -0.104. The summed E-state index contributed by atoms with van der Waals surface area (Å²) in [4.78, 5) is 21.1. The number of hydrogen-bond donors (Lipinski definition) is 3. The van der Waals surface area contributed by atoms with Gasteiger partial charge in [-0.3, -0.25) is 4.79 Å². The standard InChI is InChI=1S/C23H20ClN7O3/c1-34-23-17(22(33)27-7-6-19(32)13-2-4-16(24)5-3-13)8-15(11-28-23)20-14(10-25)9-18-21(26)29-12-30-31(18)20/h2-5,8-9,11-12,19,32H,6-7H2,1H3,(H,27,33)(H2,26,29,30)/t19-/m1/s1. The van der Waals surface area contributed by atoms with Crippen LogP contribution in [0.2, 0.25) is 5.02 Å². The Kier molecular flexibility index (Phi) is 6.58. The minimum Gasteiger partial charge on any atom is -0.480 e. The molecule has 1 atom stereocenters. The van der Waals surface area contributed by atoms with Crippen LogP contribution in [0.15, 0.2) is 48.9 Å². The second kappa shape index (κ2) is 9.74. The van der Waals surface area contributed by atoms with E-state index in [9.17, 15) is 15.2 Å². The van der Waals surface area contributed by atoms with Crippen molar-refractivity contribution in [3.05, 3.63) is 70.6 Å². The van der Waals surface area contributed by atoms with Crippen LogP contribution in [0.3, 0.4) is 0 Å². The molecule has 0 bridgehead atoms. The van der Waals surface area contributed by atoms with E-state index in [0.717, 1.165) is 0 Å². The molecule has 10 nitrogen and oxygen atoms in total. The SMILES string of the molecule is COc1ncc(-c2c(C#N)cc3c(N)ncnn23)cc1C(=O)NCC[C@@H](O)c1ccc(Cl)cc1. The molecule has 0 saturated heterocycles. The number of benzene rings is 1. The maximum absolute atomic E-state index is 12.9. The summed E-state index contributed by atoms with van der Waals surface area (Å²) in [6.07, 6.45) is 2.30. The number of pyridine rings is 1. The Morgan fingerprint density at radius 1 is 1.32 bits per heavy atom. The normalized spacial score (nSPS) is 11.7. The van der Waals surface area contributed by atoms with Gasteiger partial charge in [0.1, 0.15) is 23.5 Å². The maximum atomic E-state index is 12.9. The van der Waals surface area contributed by atoms with E-state index in [1.807, 2.05) is 0 Å². The van der Waals surface area contributed by atoms with Crippen LogP contribution in [0.1, 0.15) is 34.0 Å². The number of nitrogens with one attached hydrogen (secondary N) is 1. The van der Waals surface area contributed by atoms with Crippen molar-refractivity contribution in [1.82, 2.24) is 24.9 Å². The highest BCUT2D eigenvalue weighted by Gasteiger charge is 2.20. The summed E-state index contributed by atoms with van der Waals surface area (Å²) < 4.78 is 6.74. The van der Waals surface area contributed by atoms with Crippen molar-refractivity contribution in [1.29, 1.82) is 5.26 Å². The summed E-state index contributed by atoms with van der Waals surface area (Å²) >= 11 is 5.88. The molecule has 0 spiro atoms. The third kappa shape index (κ3) is 4.47. The van der Waals surface area contributed by atoms with Gasteiger partial charge in [-0.05, 0) is 36.2 Å². The van der Waals surface area contributed by atoms with Crippen molar-refractivity contribution in [3.8, 4) is 23.2 Å². The van der Waals surface area contributed by atoms with Crippen molar-refractivity contribution >= 4 is 28.8 Å². The van der Waals surface area contributed by atoms with Crippen LogP contribution in [0, 0.1) is 11.3 Å². The van der Waals surface area contributed by atoms with Crippen LogP contribution >= 0.6 is 11.6 Å². The molecule has 0 unspecified atom stereocenters. The molecule has 3 aromatic heterocycles. The zero-order valence-electron chi connectivity index (χ0n) is 18.1. The first-order valence-corrected chi connectivity index (χ1v) is 10.6. The van der Waals surface area contributed by atoms with Gasteiger partial charge in [-0.25, -0.2) is 14.5 Å². The highest BCUT2D eigenvalue weighted by Crippen LogP contribution is 2.30. The van der Waals surface area contributed by atoms with Crippen molar-refractivity contribution < 1.29 is 14.6 Å². The Balaban J connectivity index is 1.58. The number of nitrogens with two attached hydrogens (primary N) is 1. The lowest BCUT2D eigenvalue weighted by Crippen LogP contribution is -2.26. The predicted molar refractivity (Wildman–Crippen MR) is 125 cm³/mol. The van der Waals surface area contributed by atoms with Crippen LogP contribution < -0.4 is 15.8 Å². The van der Waals surface area contributed by atoms with E-state index in [-0.39, 0.29) is 23.8 Å². The summed E-state index contributed by atoms with van der Waals surface area (Å²) in [5.41, 5.74) is 8.45. The van der Waals surface area contributed by atoms with E-state index >= 15 is 0 Å². The molecular weight excluding hydrogens is 458 g/mol. The first kappa shape index (κ1) is 23.0. The summed E-state index contributed by atoms with van der Waals surface area (Å²) in [6.45, 7) is 0.206. The fourth-order valence-electron chi connectivity index (χ4n) is 3.55. The molecular formula is C23H20ClN7O3. The fourth-order valence-corrected chi connectivity index (χ4v) is 3.67. The van der Waals surface area contributed by atoms with Gasteiger partial charge in [0.25, 0.3) is 5.91 Å². The lowest BCUT2D eigenvalue weighted by atomic mass is 10.1. The molecule has 1 aromatic carbocycles. The Labute approximate surface area is 199 Å². The molecule has 4 rings (SSSR count). The van der Waals surface area contributed by atoms with E-state index < -0.39 is 12.0 Å². The number of fused-ring (bicyclic) bond motifs is 1. The highest BCUT2D eigenvalue weighted by molar-refractivity contribution is 6.30. The first-order chi connectivity index (χ1) is 16.4. The number of carbonyl (C=O) groups is 1. The number of methoxy groups -OCH3 is 1. The van der Waals surface area contributed by atoms with Crippen molar-refractivity contribution in [2.24, 2.45) is 0 Å². The van der Waals surface area contributed by atoms with Gasteiger partial charge in [0.2, 0.25) is 5.88 Å². The number of nitriles is 1. The molecule has 3 heterocycles. The van der Waals surface area contributed by atoms with E-state index in [1.54, 1.807) is 36.4 Å². The molecule has 0 saturated carbocycles. The minimum atomic E-state index is -0.765.